The minimum absolute atomic E-state index is 0.334. The van der Waals surface area contributed by atoms with Crippen LogP contribution in [0.3, 0.4) is 0 Å². The number of β-amino-alcohol motifs (C(OH)–C–C–N with tert-alkyl or cyclic N) is 1. The summed E-state index contributed by atoms with van der Waals surface area (Å²) in [6, 6.07) is 0. The summed E-state index contributed by atoms with van der Waals surface area (Å²) in [6.45, 7) is 8.16. The maximum absolute atomic E-state index is 9.64. The highest BCUT2D eigenvalue weighted by atomic mass is 16.5. The average molecular weight is 202 g/mol. The molecule has 1 heterocycles. The number of ether oxygens (including phenoxy) is 1. The van der Waals surface area contributed by atoms with Crippen molar-refractivity contribution in [2.75, 3.05) is 45.9 Å². The molecule has 4 heteroatoms. The molecule has 0 aromatic heterocycles. The van der Waals surface area contributed by atoms with Crippen LogP contribution in [0.4, 0.5) is 0 Å². The number of aliphatic hydroxyl groups is 1. The summed E-state index contributed by atoms with van der Waals surface area (Å²) in [5.41, 5.74) is 0. The Bertz CT molecular complexity index is 138. The molecule has 1 unspecified atom stereocenters. The summed E-state index contributed by atoms with van der Waals surface area (Å²) in [4.78, 5) is 2.27. The van der Waals surface area contributed by atoms with Crippen LogP contribution in [0.1, 0.15) is 13.3 Å². The molecule has 84 valence electrons. The Labute approximate surface area is 86.2 Å². The molecule has 0 amide bonds. The summed E-state index contributed by atoms with van der Waals surface area (Å²) < 4.78 is 5.29. The minimum atomic E-state index is -0.334. The Morgan fingerprint density at radius 2 is 2.14 bits per heavy atom. The van der Waals surface area contributed by atoms with Gasteiger partial charge in [-0.3, -0.25) is 4.90 Å². The van der Waals surface area contributed by atoms with Crippen LogP contribution in [0.15, 0.2) is 0 Å². The Morgan fingerprint density at radius 3 is 2.79 bits per heavy atom. The second-order valence-electron chi connectivity index (χ2n) is 3.78. The van der Waals surface area contributed by atoms with Crippen molar-refractivity contribution in [2.24, 2.45) is 0 Å². The lowest BCUT2D eigenvalue weighted by Crippen LogP contribution is -2.47. The van der Waals surface area contributed by atoms with E-state index in [1.165, 1.54) is 0 Å². The van der Waals surface area contributed by atoms with E-state index in [1.54, 1.807) is 0 Å². The van der Waals surface area contributed by atoms with Gasteiger partial charge in [-0.25, -0.2) is 0 Å². The summed E-state index contributed by atoms with van der Waals surface area (Å²) in [5.74, 6) is 0. The van der Waals surface area contributed by atoms with Crippen molar-refractivity contribution in [2.45, 2.75) is 19.4 Å². The van der Waals surface area contributed by atoms with Gasteiger partial charge in [-0.05, 0) is 6.42 Å². The first-order chi connectivity index (χ1) is 6.83. The molecule has 0 aromatic rings. The molecular formula is C10H22N2O2. The van der Waals surface area contributed by atoms with Crippen molar-refractivity contribution in [1.29, 1.82) is 0 Å². The van der Waals surface area contributed by atoms with E-state index in [2.05, 4.69) is 17.1 Å². The number of rotatable bonds is 6. The van der Waals surface area contributed by atoms with Crippen molar-refractivity contribution < 1.29 is 9.84 Å². The molecule has 4 nitrogen and oxygen atoms in total. The molecule has 1 atom stereocenters. The molecule has 0 aliphatic carbocycles. The molecule has 1 rings (SSSR count). The molecule has 2 N–H and O–H groups in total. The molecule has 14 heavy (non-hydrogen) atoms. The van der Waals surface area contributed by atoms with Crippen LogP contribution in [-0.4, -0.2) is 62.0 Å². The van der Waals surface area contributed by atoms with E-state index < -0.39 is 0 Å². The van der Waals surface area contributed by atoms with Crippen molar-refractivity contribution in [3.8, 4) is 0 Å². The van der Waals surface area contributed by atoms with Crippen LogP contribution >= 0.6 is 0 Å². The van der Waals surface area contributed by atoms with Crippen molar-refractivity contribution in [3.05, 3.63) is 0 Å². The molecule has 1 aliphatic heterocycles. The van der Waals surface area contributed by atoms with Crippen LogP contribution in [0, 0.1) is 0 Å². The molecular weight excluding hydrogens is 180 g/mol. The zero-order valence-corrected chi connectivity index (χ0v) is 9.04. The molecule has 0 radical (unpaired) electrons. The lowest BCUT2D eigenvalue weighted by molar-refractivity contribution is 0.0150. The highest BCUT2D eigenvalue weighted by Crippen LogP contribution is 1.96. The van der Waals surface area contributed by atoms with Crippen LogP contribution in [0.25, 0.3) is 0 Å². The smallest absolute Gasteiger partial charge is 0.0900 e. The van der Waals surface area contributed by atoms with Gasteiger partial charge in [0.15, 0.2) is 0 Å². The summed E-state index contributed by atoms with van der Waals surface area (Å²) in [7, 11) is 0. The van der Waals surface area contributed by atoms with Crippen molar-refractivity contribution >= 4 is 0 Å². The molecule has 0 spiro atoms. The average Bonchev–Trinajstić information content (AvgIpc) is 2.20. The van der Waals surface area contributed by atoms with Gasteiger partial charge in [0.2, 0.25) is 0 Å². The summed E-state index contributed by atoms with van der Waals surface area (Å²) in [5, 5.41) is 12.9. The highest BCUT2D eigenvalue weighted by Gasteiger charge is 2.13. The van der Waals surface area contributed by atoms with Crippen LogP contribution in [0.5, 0.6) is 0 Å². The van der Waals surface area contributed by atoms with Crippen LogP contribution < -0.4 is 5.32 Å². The first-order valence-electron chi connectivity index (χ1n) is 5.51. The van der Waals surface area contributed by atoms with Gasteiger partial charge in [-0.2, -0.15) is 0 Å². The molecule has 1 fully saturated rings. The van der Waals surface area contributed by atoms with Gasteiger partial charge in [-0.1, -0.05) is 6.92 Å². The largest absolute Gasteiger partial charge is 0.389 e. The van der Waals surface area contributed by atoms with Crippen LogP contribution in [0.2, 0.25) is 0 Å². The van der Waals surface area contributed by atoms with E-state index in [0.717, 1.165) is 45.8 Å². The van der Waals surface area contributed by atoms with Gasteiger partial charge in [0.1, 0.15) is 0 Å². The van der Waals surface area contributed by atoms with Crippen molar-refractivity contribution in [1.82, 2.24) is 10.2 Å². The lowest BCUT2D eigenvalue weighted by Gasteiger charge is -2.28. The van der Waals surface area contributed by atoms with E-state index in [4.69, 9.17) is 4.74 Å². The summed E-state index contributed by atoms with van der Waals surface area (Å²) >= 11 is 0. The maximum atomic E-state index is 9.64. The maximum Gasteiger partial charge on any atom is 0.0900 e. The molecule has 0 saturated carbocycles. The van der Waals surface area contributed by atoms with E-state index in [-0.39, 0.29) is 6.10 Å². The fourth-order valence-corrected chi connectivity index (χ4v) is 1.61. The second kappa shape index (κ2) is 7.17. The topological polar surface area (TPSA) is 44.7 Å². The number of piperazine rings is 1. The van der Waals surface area contributed by atoms with Gasteiger partial charge >= 0.3 is 0 Å². The van der Waals surface area contributed by atoms with Crippen LogP contribution in [-0.2, 0) is 4.74 Å². The SMILES string of the molecule is CCCOCC(O)CN1CCNCC1. The number of aliphatic hydroxyl groups excluding tert-OH is 1. The first-order valence-corrected chi connectivity index (χ1v) is 5.51. The fourth-order valence-electron chi connectivity index (χ4n) is 1.61. The zero-order chi connectivity index (χ0) is 10.2. The first kappa shape index (κ1) is 11.9. The van der Waals surface area contributed by atoms with Gasteiger partial charge in [-0.15, -0.1) is 0 Å². The lowest BCUT2D eigenvalue weighted by atomic mass is 10.3. The quantitative estimate of drug-likeness (QED) is 0.579. The molecule has 1 aliphatic rings. The Balaban J connectivity index is 2.03. The third-order valence-corrected chi connectivity index (χ3v) is 2.34. The van der Waals surface area contributed by atoms with E-state index in [9.17, 15) is 5.11 Å². The standard InChI is InChI=1S/C10H22N2O2/c1-2-7-14-9-10(13)8-12-5-3-11-4-6-12/h10-11,13H,2-9H2,1H3. The van der Waals surface area contributed by atoms with E-state index in [1.807, 2.05) is 0 Å². The van der Waals surface area contributed by atoms with E-state index >= 15 is 0 Å². The van der Waals surface area contributed by atoms with Gasteiger partial charge in [0.05, 0.1) is 12.7 Å². The second-order valence-corrected chi connectivity index (χ2v) is 3.78. The summed E-state index contributed by atoms with van der Waals surface area (Å²) in [6.07, 6.45) is 0.681. The van der Waals surface area contributed by atoms with Gasteiger partial charge in [0, 0.05) is 39.3 Å². The predicted octanol–water partition coefficient (Wildman–Crippen LogP) is -0.321. The van der Waals surface area contributed by atoms with Gasteiger partial charge < -0.3 is 15.2 Å². The molecule has 1 saturated heterocycles. The fraction of sp³-hybridized carbons (Fsp3) is 1.00. The normalized spacial score (nSPS) is 21.0. The van der Waals surface area contributed by atoms with Crippen molar-refractivity contribution in [3.63, 3.8) is 0 Å². The monoisotopic (exact) mass is 202 g/mol. The Kier molecular flexibility index (Phi) is 6.10. The zero-order valence-electron chi connectivity index (χ0n) is 9.04. The predicted molar refractivity (Wildman–Crippen MR) is 56.4 cm³/mol. The number of hydrogen-bond acceptors (Lipinski definition) is 4. The highest BCUT2D eigenvalue weighted by molar-refractivity contribution is 4.70. The third-order valence-electron chi connectivity index (χ3n) is 2.34. The number of nitrogens with zero attached hydrogens (tertiary/aromatic N) is 1. The third kappa shape index (κ3) is 4.91. The number of hydrogen-bond donors (Lipinski definition) is 2. The molecule has 0 bridgehead atoms. The Hall–Kier alpha value is -0.160. The van der Waals surface area contributed by atoms with Gasteiger partial charge in [0.25, 0.3) is 0 Å². The number of nitrogens with one attached hydrogen (secondary N) is 1. The minimum Gasteiger partial charge on any atom is -0.389 e. The molecule has 0 aromatic carbocycles. The van der Waals surface area contributed by atoms with E-state index in [0.29, 0.717) is 6.61 Å². The Morgan fingerprint density at radius 1 is 1.43 bits per heavy atom.